The monoisotopic (exact) mass is 309 g/mol. The summed E-state index contributed by atoms with van der Waals surface area (Å²) in [5.74, 6) is 1.50. The number of sulfonamides is 1. The second-order valence-electron chi connectivity index (χ2n) is 6.08. The van der Waals surface area contributed by atoms with Gasteiger partial charge in [-0.2, -0.15) is 0 Å². The zero-order valence-corrected chi connectivity index (χ0v) is 13.2. The molecule has 116 valence electrons. The average Bonchev–Trinajstić information content (AvgIpc) is 2.99. The highest BCUT2D eigenvalue weighted by atomic mass is 32.2. The lowest BCUT2D eigenvalue weighted by Crippen LogP contribution is -2.25. The van der Waals surface area contributed by atoms with Crippen molar-refractivity contribution in [3.8, 4) is 0 Å². The molecule has 6 heteroatoms. The van der Waals surface area contributed by atoms with Crippen molar-refractivity contribution in [1.29, 1.82) is 0 Å². The highest BCUT2D eigenvalue weighted by molar-refractivity contribution is 7.89. The minimum Gasteiger partial charge on any atom is -0.397 e. The number of hydrogen-bond acceptors (Lipinski definition) is 4. The van der Waals surface area contributed by atoms with Crippen LogP contribution in [0.25, 0.3) is 0 Å². The van der Waals surface area contributed by atoms with E-state index >= 15 is 0 Å². The topological polar surface area (TPSA) is 75.4 Å². The third-order valence-electron chi connectivity index (χ3n) is 4.71. The first-order valence-electron chi connectivity index (χ1n) is 7.65. The fourth-order valence-electron chi connectivity index (χ4n) is 3.67. The molecule has 5 nitrogen and oxygen atoms in total. The molecule has 21 heavy (non-hydrogen) atoms. The van der Waals surface area contributed by atoms with Crippen LogP contribution in [-0.2, 0) is 10.0 Å². The van der Waals surface area contributed by atoms with Crippen LogP contribution < -0.4 is 15.4 Å². The van der Waals surface area contributed by atoms with Gasteiger partial charge in [0.15, 0.2) is 0 Å². The Balaban J connectivity index is 1.89. The zero-order chi connectivity index (χ0) is 15.0. The molecule has 1 saturated carbocycles. The van der Waals surface area contributed by atoms with E-state index in [1.165, 1.54) is 19.3 Å². The molecule has 1 aromatic carbocycles. The van der Waals surface area contributed by atoms with Gasteiger partial charge in [0.2, 0.25) is 10.0 Å². The molecule has 3 N–H and O–H groups in total. The molecule has 2 aliphatic rings. The Morgan fingerprint density at radius 1 is 1.29 bits per heavy atom. The largest absolute Gasteiger partial charge is 0.397 e. The Morgan fingerprint density at radius 2 is 1.95 bits per heavy atom. The second-order valence-corrected chi connectivity index (χ2v) is 7.84. The van der Waals surface area contributed by atoms with Crippen LogP contribution in [0.15, 0.2) is 23.1 Å². The molecule has 1 saturated heterocycles. The predicted molar refractivity (Wildman–Crippen MR) is 84.8 cm³/mol. The van der Waals surface area contributed by atoms with Crippen LogP contribution in [0.1, 0.15) is 26.2 Å². The van der Waals surface area contributed by atoms with Gasteiger partial charge in [0.05, 0.1) is 16.3 Å². The van der Waals surface area contributed by atoms with Gasteiger partial charge in [-0.25, -0.2) is 13.1 Å². The summed E-state index contributed by atoms with van der Waals surface area (Å²) in [5, 5.41) is 0. The lowest BCUT2D eigenvalue weighted by molar-refractivity contribution is 0.494. The highest BCUT2D eigenvalue weighted by Crippen LogP contribution is 2.41. The van der Waals surface area contributed by atoms with Crippen LogP contribution in [0.5, 0.6) is 0 Å². The van der Waals surface area contributed by atoms with Crippen LogP contribution in [0, 0.1) is 11.8 Å². The van der Waals surface area contributed by atoms with Gasteiger partial charge in [0.25, 0.3) is 0 Å². The van der Waals surface area contributed by atoms with Crippen molar-refractivity contribution >= 4 is 21.4 Å². The lowest BCUT2D eigenvalue weighted by Gasteiger charge is -2.22. The third kappa shape index (κ3) is 2.74. The summed E-state index contributed by atoms with van der Waals surface area (Å²) in [7, 11) is -3.43. The first-order valence-corrected chi connectivity index (χ1v) is 9.13. The molecule has 1 aliphatic heterocycles. The van der Waals surface area contributed by atoms with Crippen molar-refractivity contribution in [3.05, 3.63) is 18.2 Å². The standard InChI is InChI=1S/C15H23N3O2S/c1-2-17-21(19,20)13-6-7-14(16)15(8-13)18-9-11-4-3-5-12(11)10-18/h6-8,11-12,17H,2-5,9-10,16H2,1H3. The Kier molecular flexibility index (Phi) is 3.84. The number of benzene rings is 1. The van der Waals surface area contributed by atoms with Gasteiger partial charge < -0.3 is 10.6 Å². The summed E-state index contributed by atoms with van der Waals surface area (Å²) in [4.78, 5) is 2.56. The van der Waals surface area contributed by atoms with Gasteiger partial charge in [0, 0.05) is 19.6 Å². The predicted octanol–water partition coefficient (Wildman–Crippen LogP) is 1.80. The van der Waals surface area contributed by atoms with Crippen LogP contribution >= 0.6 is 0 Å². The van der Waals surface area contributed by atoms with Crippen molar-refractivity contribution in [1.82, 2.24) is 4.72 Å². The molecule has 0 spiro atoms. The van der Waals surface area contributed by atoms with Crippen molar-refractivity contribution in [2.75, 3.05) is 30.3 Å². The number of nitrogens with zero attached hydrogens (tertiary/aromatic N) is 1. The first-order chi connectivity index (χ1) is 10.0. The molecule has 1 heterocycles. The molecule has 1 aromatic rings. The van der Waals surface area contributed by atoms with E-state index in [9.17, 15) is 8.42 Å². The third-order valence-corrected chi connectivity index (χ3v) is 6.26. The van der Waals surface area contributed by atoms with Crippen LogP contribution in [-0.4, -0.2) is 28.1 Å². The van der Waals surface area contributed by atoms with Crippen molar-refractivity contribution in [3.63, 3.8) is 0 Å². The number of rotatable bonds is 4. The molecule has 0 amide bonds. The number of nitrogens with one attached hydrogen (secondary N) is 1. The Hall–Kier alpha value is -1.27. The van der Waals surface area contributed by atoms with E-state index in [0.717, 1.165) is 30.6 Å². The Bertz CT molecular complexity index is 618. The normalized spacial score (nSPS) is 25.3. The number of fused-ring (bicyclic) bond motifs is 1. The van der Waals surface area contributed by atoms with Gasteiger partial charge >= 0.3 is 0 Å². The molecular weight excluding hydrogens is 286 g/mol. The summed E-state index contributed by atoms with van der Waals surface area (Å²) >= 11 is 0. The van der Waals surface area contributed by atoms with Crippen molar-refractivity contribution in [2.45, 2.75) is 31.1 Å². The smallest absolute Gasteiger partial charge is 0.240 e. The summed E-state index contributed by atoms with van der Waals surface area (Å²) in [5.41, 5.74) is 7.60. The van der Waals surface area contributed by atoms with E-state index < -0.39 is 10.0 Å². The average molecular weight is 309 g/mol. The maximum atomic E-state index is 12.1. The minimum atomic E-state index is -3.43. The molecule has 0 aromatic heterocycles. The van der Waals surface area contributed by atoms with Crippen LogP contribution in [0.2, 0.25) is 0 Å². The second kappa shape index (κ2) is 5.50. The van der Waals surface area contributed by atoms with E-state index in [0.29, 0.717) is 17.1 Å². The van der Waals surface area contributed by atoms with Crippen LogP contribution in [0.3, 0.4) is 0 Å². The van der Waals surface area contributed by atoms with Crippen molar-refractivity contribution in [2.24, 2.45) is 11.8 Å². The van der Waals surface area contributed by atoms with Crippen LogP contribution in [0.4, 0.5) is 11.4 Å². The maximum Gasteiger partial charge on any atom is 0.240 e. The first kappa shape index (κ1) is 14.7. The quantitative estimate of drug-likeness (QED) is 0.832. The van der Waals surface area contributed by atoms with Gasteiger partial charge in [0.1, 0.15) is 0 Å². The summed E-state index contributed by atoms with van der Waals surface area (Å²) in [6.07, 6.45) is 3.90. The van der Waals surface area contributed by atoms with Gasteiger partial charge in [-0.15, -0.1) is 0 Å². The summed E-state index contributed by atoms with van der Waals surface area (Å²) < 4.78 is 26.8. The van der Waals surface area contributed by atoms with E-state index in [1.807, 2.05) is 0 Å². The fourth-order valence-corrected chi connectivity index (χ4v) is 4.73. The SMILES string of the molecule is CCNS(=O)(=O)c1ccc(N)c(N2CC3CCCC3C2)c1. The van der Waals surface area contributed by atoms with Crippen molar-refractivity contribution < 1.29 is 8.42 Å². The van der Waals surface area contributed by atoms with E-state index in [2.05, 4.69) is 9.62 Å². The minimum absolute atomic E-state index is 0.297. The van der Waals surface area contributed by atoms with Gasteiger partial charge in [-0.3, -0.25) is 0 Å². The fraction of sp³-hybridized carbons (Fsp3) is 0.600. The van der Waals surface area contributed by atoms with E-state index in [-0.39, 0.29) is 0 Å². The Labute approximate surface area is 126 Å². The molecular formula is C15H23N3O2S. The lowest BCUT2D eigenvalue weighted by atomic mass is 10.0. The summed E-state index contributed by atoms with van der Waals surface area (Å²) in [6.45, 7) is 4.16. The number of nitrogens with two attached hydrogens (primary N) is 1. The van der Waals surface area contributed by atoms with Gasteiger partial charge in [-0.05, 0) is 42.9 Å². The molecule has 0 radical (unpaired) electrons. The van der Waals surface area contributed by atoms with Gasteiger partial charge in [-0.1, -0.05) is 13.3 Å². The molecule has 2 unspecified atom stereocenters. The molecule has 3 rings (SSSR count). The summed E-state index contributed by atoms with van der Waals surface area (Å²) in [6, 6.07) is 5.00. The molecule has 2 atom stereocenters. The number of anilines is 2. The molecule has 1 aliphatic carbocycles. The Morgan fingerprint density at radius 3 is 2.57 bits per heavy atom. The number of nitrogen functional groups attached to an aromatic ring is 1. The maximum absolute atomic E-state index is 12.1. The molecule has 0 bridgehead atoms. The zero-order valence-electron chi connectivity index (χ0n) is 12.4. The highest BCUT2D eigenvalue weighted by Gasteiger charge is 2.36. The number of hydrogen-bond donors (Lipinski definition) is 2. The molecule has 2 fully saturated rings. The van der Waals surface area contributed by atoms with E-state index in [4.69, 9.17) is 5.73 Å². The van der Waals surface area contributed by atoms with E-state index in [1.54, 1.807) is 25.1 Å².